The number of carbonyl (C=O) groups excluding carboxylic acids is 1. The van der Waals surface area contributed by atoms with Crippen molar-refractivity contribution in [1.29, 1.82) is 0 Å². The minimum Gasteiger partial charge on any atom is -0.317 e. The second-order valence-corrected chi connectivity index (χ2v) is 3.00. The smallest absolute Gasteiger partial charge is 0.251 e. The lowest BCUT2D eigenvalue weighted by atomic mass is 10.3. The number of aromatic nitrogens is 1. The molecule has 0 amide bonds. The van der Waals surface area contributed by atoms with Crippen molar-refractivity contribution >= 4 is 22.2 Å². The molecule has 0 radical (unpaired) electrons. The summed E-state index contributed by atoms with van der Waals surface area (Å²) < 4.78 is 2.03. The zero-order valence-corrected chi connectivity index (χ0v) is 7.46. The van der Waals surface area contributed by atoms with Crippen LogP contribution in [0.3, 0.4) is 0 Å². The van der Waals surface area contributed by atoms with Crippen LogP contribution < -0.4 is 5.56 Å². The van der Waals surface area contributed by atoms with Gasteiger partial charge >= 0.3 is 0 Å². The molecule has 0 aromatic carbocycles. The van der Waals surface area contributed by atoms with E-state index in [0.717, 1.165) is 0 Å². The van der Waals surface area contributed by atoms with Crippen molar-refractivity contribution in [3.8, 4) is 0 Å². The van der Waals surface area contributed by atoms with E-state index in [-0.39, 0.29) is 5.56 Å². The fraction of sp³-hybridized carbons (Fsp3) is 0.143. The molecular weight excluding hydrogens is 210 g/mol. The fourth-order valence-electron chi connectivity index (χ4n) is 0.702. The molecule has 0 N–H and O–H groups in total. The van der Waals surface area contributed by atoms with Gasteiger partial charge in [0.05, 0.1) is 0 Å². The first-order valence-electron chi connectivity index (χ1n) is 2.96. The molecule has 0 aliphatic carbocycles. The minimum atomic E-state index is -0.185. The average molecular weight is 216 g/mol. The van der Waals surface area contributed by atoms with Gasteiger partial charge in [0.25, 0.3) is 5.56 Å². The molecule has 4 heteroatoms. The number of nitrogens with zero attached hydrogens (tertiary/aromatic N) is 1. The molecule has 1 aromatic heterocycles. The van der Waals surface area contributed by atoms with Crippen molar-refractivity contribution in [2.24, 2.45) is 7.05 Å². The number of hydrogen-bond acceptors (Lipinski definition) is 2. The van der Waals surface area contributed by atoms with Gasteiger partial charge in [-0.15, -0.1) is 0 Å². The van der Waals surface area contributed by atoms with E-state index in [1.165, 1.54) is 10.6 Å². The van der Waals surface area contributed by atoms with Gasteiger partial charge in [0, 0.05) is 29.3 Å². The summed E-state index contributed by atoms with van der Waals surface area (Å²) in [7, 11) is 1.63. The van der Waals surface area contributed by atoms with Gasteiger partial charge in [-0.1, -0.05) is 0 Å². The Bertz CT molecular complexity index is 343. The Morgan fingerprint density at radius 2 is 2.27 bits per heavy atom. The monoisotopic (exact) mass is 215 g/mol. The van der Waals surface area contributed by atoms with Crippen LogP contribution in [0.2, 0.25) is 0 Å². The molecule has 0 fully saturated rings. The van der Waals surface area contributed by atoms with E-state index in [1.807, 2.05) is 0 Å². The van der Waals surface area contributed by atoms with E-state index < -0.39 is 0 Å². The van der Waals surface area contributed by atoms with Crippen LogP contribution >= 0.6 is 15.9 Å². The van der Waals surface area contributed by atoms with Gasteiger partial charge < -0.3 is 4.57 Å². The molecule has 1 heterocycles. The highest BCUT2D eigenvalue weighted by Gasteiger charge is 1.99. The Morgan fingerprint density at radius 1 is 1.64 bits per heavy atom. The van der Waals surface area contributed by atoms with Crippen molar-refractivity contribution in [2.45, 2.75) is 0 Å². The average Bonchev–Trinajstić information content (AvgIpc) is 1.97. The Kier molecular flexibility index (Phi) is 2.24. The van der Waals surface area contributed by atoms with Crippen LogP contribution in [0.5, 0.6) is 0 Å². The maximum atomic E-state index is 10.9. The lowest BCUT2D eigenvalue weighted by Gasteiger charge is -1.98. The maximum Gasteiger partial charge on any atom is 0.251 e. The molecule has 3 nitrogen and oxygen atoms in total. The molecule has 0 saturated heterocycles. The zero-order chi connectivity index (χ0) is 8.43. The molecule has 0 atom stereocenters. The summed E-state index contributed by atoms with van der Waals surface area (Å²) in [6.07, 6.45) is 2.21. The quantitative estimate of drug-likeness (QED) is 0.656. The Morgan fingerprint density at radius 3 is 2.82 bits per heavy atom. The summed E-state index contributed by atoms with van der Waals surface area (Å²) in [4.78, 5) is 21.2. The Hall–Kier alpha value is -0.900. The van der Waals surface area contributed by atoms with E-state index in [9.17, 15) is 9.59 Å². The molecule has 1 rings (SSSR count). The van der Waals surface area contributed by atoms with Gasteiger partial charge in [0.1, 0.15) is 0 Å². The highest BCUT2D eigenvalue weighted by atomic mass is 79.9. The van der Waals surface area contributed by atoms with Gasteiger partial charge in [-0.25, -0.2) is 0 Å². The van der Waals surface area contributed by atoms with Crippen LogP contribution in [0.15, 0.2) is 21.5 Å². The largest absolute Gasteiger partial charge is 0.317 e. The van der Waals surface area contributed by atoms with E-state index in [2.05, 4.69) is 15.9 Å². The van der Waals surface area contributed by atoms with E-state index in [1.54, 1.807) is 13.2 Å². The number of pyridine rings is 1. The number of aryl methyl sites for hydroxylation is 1. The predicted molar refractivity (Wildman–Crippen MR) is 44.8 cm³/mol. The summed E-state index contributed by atoms with van der Waals surface area (Å²) in [5.74, 6) is 0. The molecule has 0 saturated carbocycles. The number of rotatable bonds is 1. The normalized spacial score (nSPS) is 9.64. The van der Waals surface area contributed by atoms with E-state index in [0.29, 0.717) is 16.3 Å². The fourth-order valence-corrected chi connectivity index (χ4v) is 1.22. The first kappa shape index (κ1) is 8.20. The third kappa shape index (κ3) is 1.57. The molecule has 0 aliphatic heterocycles. The molecule has 0 unspecified atom stereocenters. The van der Waals surface area contributed by atoms with Gasteiger partial charge in [0.2, 0.25) is 0 Å². The van der Waals surface area contributed by atoms with Gasteiger partial charge in [-0.3, -0.25) is 9.59 Å². The van der Waals surface area contributed by atoms with E-state index in [4.69, 9.17) is 0 Å². The van der Waals surface area contributed by atoms with Crippen molar-refractivity contribution in [3.05, 3.63) is 32.7 Å². The highest BCUT2D eigenvalue weighted by Crippen LogP contribution is 2.10. The summed E-state index contributed by atoms with van der Waals surface area (Å²) in [5, 5.41) is 0. The number of aldehydes is 1. The van der Waals surface area contributed by atoms with Gasteiger partial charge in [-0.2, -0.15) is 0 Å². The standard InChI is InChI=1S/C7H6BrNO2/c1-9-3-6(8)5(4-10)2-7(9)11/h2-4H,1H3. The van der Waals surface area contributed by atoms with Crippen molar-refractivity contribution in [1.82, 2.24) is 4.57 Å². The van der Waals surface area contributed by atoms with Crippen LogP contribution in [0.25, 0.3) is 0 Å². The lowest BCUT2D eigenvalue weighted by molar-refractivity contribution is 0.112. The van der Waals surface area contributed by atoms with Crippen LogP contribution in [0.4, 0.5) is 0 Å². The summed E-state index contributed by atoms with van der Waals surface area (Å²) in [6, 6.07) is 1.29. The molecule has 1 aromatic rings. The third-order valence-electron chi connectivity index (χ3n) is 1.34. The molecule has 0 aliphatic rings. The van der Waals surface area contributed by atoms with Crippen molar-refractivity contribution in [2.75, 3.05) is 0 Å². The molecule has 0 spiro atoms. The SMILES string of the molecule is Cn1cc(Br)c(C=O)cc1=O. The molecule has 11 heavy (non-hydrogen) atoms. The Balaban J connectivity index is 3.44. The van der Waals surface area contributed by atoms with Crippen LogP contribution in [-0.4, -0.2) is 10.9 Å². The third-order valence-corrected chi connectivity index (χ3v) is 2.00. The minimum absolute atomic E-state index is 0.185. The van der Waals surface area contributed by atoms with Crippen molar-refractivity contribution in [3.63, 3.8) is 0 Å². The summed E-state index contributed by atoms with van der Waals surface area (Å²) >= 11 is 3.15. The number of halogens is 1. The Labute approximate surface area is 71.8 Å². The first-order valence-corrected chi connectivity index (χ1v) is 3.76. The second kappa shape index (κ2) is 3.00. The van der Waals surface area contributed by atoms with E-state index >= 15 is 0 Å². The maximum absolute atomic E-state index is 10.9. The van der Waals surface area contributed by atoms with Gasteiger partial charge in [-0.05, 0) is 15.9 Å². The van der Waals surface area contributed by atoms with Crippen LogP contribution in [0, 0.1) is 0 Å². The molecule has 58 valence electrons. The number of hydrogen-bond donors (Lipinski definition) is 0. The molecule has 0 bridgehead atoms. The predicted octanol–water partition coefficient (Wildman–Crippen LogP) is 0.960. The highest BCUT2D eigenvalue weighted by molar-refractivity contribution is 9.10. The van der Waals surface area contributed by atoms with Crippen molar-refractivity contribution < 1.29 is 4.79 Å². The van der Waals surface area contributed by atoms with Crippen LogP contribution in [0.1, 0.15) is 10.4 Å². The second-order valence-electron chi connectivity index (χ2n) is 2.14. The summed E-state index contributed by atoms with van der Waals surface area (Å²) in [5.41, 5.74) is 0.198. The lowest BCUT2D eigenvalue weighted by Crippen LogP contribution is -2.15. The first-order chi connectivity index (χ1) is 5.15. The zero-order valence-electron chi connectivity index (χ0n) is 5.87. The number of carbonyl (C=O) groups is 1. The summed E-state index contributed by atoms with van der Waals surface area (Å²) in [6.45, 7) is 0. The molecular formula is C7H6BrNO2. The van der Waals surface area contributed by atoms with Crippen LogP contribution in [-0.2, 0) is 7.05 Å². The topological polar surface area (TPSA) is 39.1 Å². The van der Waals surface area contributed by atoms with Gasteiger partial charge in [0.15, 0.2) is 6.29 Å².